The Bertz CT molecular complexity index is 1200. The number of amides is 1. The number of nitrogens with one attached hydrogen (secondary N) is 1. The summed E-state index contributed by atoms with van der Waals surface area (Å²) in [5.41, 5.74) is 6.37. The molecule has 4 aromatic rings. The maximum absolute atomic E-state index is 12.5. The van der Waals surface area contributed by atoms with Crippen LogP contribution in [0.4, 0.5) is 5.69 Å². The molecule has 1 heterocycles. The number of carbonyl (C=O) groups excluding carboxylic acids is 1. The number of benzene rings is 3. The molecule has 0 unspecified atom stereocenters. The molecule has 158 valence electrons. The number of aromatic nitrogens is 3. The quantitative estimate of drug-likeness (QED) is 0.395. The first kappa shape index (κ1) is 21.1. The highest BCUT2D eigenvalue weighted by molar-refractivity contribution is 6.30. The molecule has 1 N–H and O–H groups in total. The van der Waals surface area contributed by atoms with Crippen LogP contribution in [0.1, 0.15) is 36.5 Å². The minimum absolute atomic E-state index is 0.0835. The number of nitrogens with zero attached hydrogens (tertiary/aromatic N) is 3. The predicted molar refractivity (Wildman–Crippen MR) is 126 cm³/mol. The van der Waals surface area contributed by atoms with Gasteiger partial charge in [0.2, 0.25) is 5.91 Å². The van der Waals surface area contributed by atoms with Crippen molar-refractivity contribution in [2.24, 2.45) is 0 Å². The molecule has 0 aliphatic heterocycles. The lowest BCUT2D eigenvalue weighted by Gasteiger charge is -2.08. The van der Waals surface area contributed by atoms with Crippen molar-refractivity contribution in [2.75, 3.05) is 5.32 Å². The van der Waals surface area contributed by atoms with Crippen molar-refractivity contribution in [3.8, 4) is 5.69 Å². The molecular weight excluding hydrogens is 408 g/mol. The van der Waals surface area contributed by atoms with E-state index in [-0.39, 0.29) is 12.3 Å². The molecule has 31 heavy (non-hydrogen) atoms. The molecule has 4 rings (SSSR count). The molecule has 0 aliphatic rings. The molecule has 0 saturated carbocycles. The summed E-state index contributed by atoms with van der Waals surface area (Å²) in [6, 6.07) is 19.5. The molecule has 5 nitrogen and oxygen atoms in total. The van der Waals surface area contributed by atoms with E-state index in [0.717, 1.165) is 40.0 Å². The third kappa shape index (κ3) is 5.12. The van der Waals surface area contributed by atoms with Crippen LogP contribution in [0.2, 0.25) is 5.02 Å². The van der Waals surface area contributed by atoms with Crippen LogP contribution in [0.5, 0.6) is 0 Å². The fourth-order valence-corrected chi connectivity index (χ4v) is 3.60. The van der Waals surface area contributed by atoms with Crippen LogP contribution in [0, 0.1) is 6.92 Å². The molecular formula is C25H25ClN4O. The van der Waals surface area contributed by atoms with E-state index in [1.165, 1.54) is 18.4 Å². The van der Waals surface area contributed by atoms with E-state index in [4.69, 9.17) is 11.6 Å². The van der Waals surface area contributed by atoms with Crippen LogP contribution in [0.3, 0.4) is 0 Å². The standard InChI is InChI=1S/C25H25ClN4O/c1-3-4-5-18-8-12-21(13-9-18)30-28-23-14-17(2)22(16-24(23)29-30)27-25(31)15-19-6-10-20(26)11-7-19/h6-14,16H,3-5,15H2,1-2H3,(H,27,31). The monoisotopic (exact) mass is 432 g/mol. The van der Waals surface area contributed by atoms with Gasteiger partial charge in [-0.1, -0.05) is 49.2 Å². The van der Waals surface area contributed by atoms with Crippen molar-refractivity contribution >= 4 is 34.2 Å². The summed E-state index contributed by atoms with van der Waals surface area (Å²) in [6.07, 6.45) is 3.75. The molecule has 1 aromatic heterocycles. The molecule has 1 amide bonds. The van der Waals surface area contributed by atoms with Gasteiger partial charge in [0.25, 0.3) is 0 Å². The SMILES string of the molecule is CCCCc1ccc(-n2nc3cc(C)c(NC(=O)Cc4ccc(Cl)cc4)cc3n2)cc1. The summed E-state index contributed by atoms with van der Waals surface area (Å²) in [5.74, 6) is -0.0835. The zero-order chi connectivity index (χ0) is 21.8. The largest absolute Gasteiger partial charge is 0.325 e. The maximum Gasteiger partial charge on any atom is 0.228 e. The zero-order valence-corrected chi connectivity index (χ0v) is 18.5. The van der Waals surface area contributed by atoms with Gasteiger partial charge in [0.1, 0.15) is 11.0 Å². The Hall–Kier alpha value is -3.18. The number of fused-ring (bicyclic) bond motifs is 1. The average Bonchev–Trinajstić information content (AvgIpc) is 3.17. The van der Waals surface area contributed by atoms with Crippen molar-refractivity contribution in [3.05, 3.63) is 82.4 Å². The Kier molecular flexibility index (Phi) is 6.33. The number of anilines is 1. The molecule has 0 bridgehead atoms. The maximum atomic E-state index is 12.5. The van der Waals surface area contributed by atoms with E-state index >= 15 is 0 Å². The number of rotatable bonds is 7. The summed E-state index contributed by atoms with van der Waals surface area (Å²) in [7, 11) is 0. The van der Waals surface area contributed by atoms with Gasteiger partial charge < -0.3 is 5.32 Å². The topological polar surface area (TPSA) is 59.8 Å². The zero-order valence-electron chi connectivity index (χ0n) is 17.7. The van der Waals surface area contributed by atoms with E-state index in [2.05, 4.69) is 34.6 Å². The fourth-order valence-electron chi connectivity index (χ4n) is 3.48. The highest BCUT2D eigenvalue weighted by atomic mass is 35.5. The summed E-state index contributed by atoms with van der Waals surface area (Å²) in [6.45, 7) is 4.16. The Morgan fingerprint density at radius 1 is 0.968 bits per heavy atom. The van der Waals surface area contributed by atoms with E-state index in [9.17, 15) is 4.79 Å². The van der Waals surface area contributed by atoms with Crippen molar-refractivity contribution in [1.29, 1.82) is 0 Å². The summed E-state index contributed by atoms with van der Waals surface area (Å²) >= 11 is 5.91. The minimum Gasteiger partial charge on any atom is -0.325 e. The van der Waals surface area contributed by atoms with E-state index < -0.39 is 0 Å². The smallest absolute Gasteiger partial charge is 0.228 e. The number of unbranched alkanes of at least 4 members (excludes halogenated alkanes) is 1. The van der Waals surface area contributed by atoms with Crippen LogP contribution in [-0.4, -0.2) is 20.9 Å². The van der Waals surface area contributed by atoms with Crippen molar-refractivity contribution in [1.82, 2.24) is 15.0 Å². The first-order valence-corrected chi connectivity index (χ1v) is 10.9. The lowest BCUT2D eigenvalue weighted by Crippen LogP contribution is -2.15. The number of hydrogen-bond acceptors (Lipinski definition) is 3. The second kappa shape index (κ2) is 9.31. The third-order valence-corrected chi connectivity index (χ3v) is 5.52. The van der Waals surface area contributed by atoms with Gasteiger partial charge in [0.05, 0.1) is 12.1 Å². The molecule has 3 aromatic carbocycles. The number of hydrogen-bond donors (Lipinski definition) is 1. The van der Waals surface area contributed by atoms with Crippen molar-refractivity contribution in [2.45, 2.75) is 39.5 Å². The van der Waals surface area contributed by atoms with Crippen LogP contribution < -0.4 is 5.32 Å². The summed E-state index contributed by atoms with van der Waals surface area (Å²) in [5, 5.41) is 12.9. The molecule has 0 fully saturated rings. The molecule has 0 saturated heterocycles. The van der Waals surface area contributed by atoms with Crippen LogP contribution in [0.15, 0.2) is 60.7 Å². The average molecular weight is 433 g/mol. The molecule has 0 radical (unpaired) electrons. The van der Waals surface area contributed by atoms with Crippen LogP contribution in [0.25, 0.3) is 16.7 Å². The van der Waals surface area contributed by atoms with Crippen LogP contribution >= 0.6 is 11.6 Å². The van der Waals surface area contributed by atoms with Gasteiger partial charge >= 0.3 is 0 Å². The van der Waals surface area contributed by atoms with E-state index in [1.54, 1.807) is 16.9 Å². The fraction of sp³-hybridized carbons (Fsp3) is 0.240. The first-order chi connectivity index (χ1) is 15.0. The molecule has 0 atom stereocenters. The second-order valence-electron chi connectivity index (χ2n) is 7.77. The second-order valence-corrected chi connectivity index (χ2v) is 8.20. The summed E-state index contributed by atoms with van der Waals surface area (Å²) in [4.78, 5) is 14.1. The van der Waals surface area contributed by atoms with Gasteiger partial charge in [-0.15, -0.1) is 10.2 Å². The third-order valence-electron chi connectivity index (χ3n) is 5.26. The highest BCUT2D eigenvalue weighted by Gasteiger charge is 2.11. The number of halogens is 1. The van der Waals surface area contributed by atoms with Crippen molar-refractivity contribution in [3.63, 3.8) is 0 Å². The van der Waals surface area contributed by atoms with Crippen molar-refractivity contribution < 1.29 is 4.79 Å². The Labute approximate surface area is 187 Å². The minimum atomic E-state index is -0.0835. The van der Waals surface area contributed by atoms with Gasteiger partial charge in [-0.05, 0) is 72.9 Å². The van der Waals surface area contributed by atoms with Gasteiger partial charge in [-0.2, -0.15) is 4.80 Å². The van der Waals surface area contributed by atoms with Gasteiger partial charge in [-0.25, -0.2) is 0 Å². The number of carbonyl (C=O) groups is 1. The summed E-state index contributed by atoms with van der Waals surface area (Å²) < 4.78 is 0. The number of aryl methyl sites for hydroxylation is 2. The first-order valence-electron chi connectivity index (χ1n) is 10.5. The van der Waals surface area contributed by atoms with Gasteiger partial charge in [-0.3, -0.25) is 4.79 Å². The predicted octanol–water partition coefficient (Wildman–Crippen LogP) is 5.91. The Balaban J connectivity index is 1.51. The lowest BCUT2D eigenvalue weighted by molar-refractivity contribution is -0.115. The lowest BCUT2D eigenvalue weighted by atomic mass is 10.1. The highest BCUT2D eigenvalue weighted by Crippen LogP contribution is 2.23. The van der Waals surface area contributed by atoms with Gasteiger partial charge in [0, 0.05) is 10.7 Å². The Morgan fingerprint density at radius 2 is 1.61 bits per heavy atom. The van der Waals surface area contributed by atoms with E-state index in [1.807, 2.05) is 43.3 Å². The molecule has 6 heteroatoms. The van der Waals surface area contributed by atoms with Crippen LogP contribution in [-0.2, 0) is 17.6 Å². The Morgan fingerprint density at radius 3 is 2.29 bits per heavy atom. The van der Waals surface area contributed by atoms with Gasteiger partial charge in [0.15, 0.2) is 0 Å². The molecule has 0 aliphatic carbocycles. The van der Waals surface area contributed by atoms with E-state index in [0.29, 0.717) is 5.02 Å². The normalized spacial score (nSPS) is 11.1. The molecule has 0 spiro atoms.